The van der Waals surface area contributed by atoms with Gasteiger partial charge in [0.25, 0.3) is 0 Å². The van der Waals surface area contributed by atoms with Gasteiger partial charge in [0, 0.05) is 11.7 Å². The van der Waals surface area contributed by atoms with E-state index in [4.69, 9.17) is 5.73 Å². The summed E-state index contributed by atoms with van der Waals surface area (Å²) < 4.78 is 0. The second-order valence-electron chi connectivity index (χ2n) is 5.01. The highest BCUT2D eigenvalue weighted by atomic mass is 35.5. The van der Waals surface area contributed by atoms with Gasteiger partial charge >= 0.3 is 0 Å². The van der Waals surface area contributed by atoms with E-state index in [9.17, 15) is 4.79 Å². The molecule has 1 amide bonds. The van der Waals surface area contributed by atoms with Gasteiger partial charge in [0.2, 0.25) is 5.91 Å². The molecule has 2 atom stereocenters. The molecule has 1 saturated carbocycles. The van der Waals surface area contributed by atoms with Crippen molar-refractivity contribution in [2.24, 2.45) is 11.7 Å². The lowest BCUT2D eigenvalue weighted by Crippen LogP contribution is -2.34. The molecular formula is C14H21ClN2O. The van der Waals surface area contributed by atoms with Crippen molar-refractivity contribution < 1.29 is 4.79 Å². The highest BCUT2D eigenvalue weighted by molar-refractivity contribution is 5.93. The van der Waals surface area contributed by atoms with Crippen LogP contribution in [0.4, 0.5) is 5.69 Å². The van der Waals surface area contributed by atoms with Crippen LogP contribution < -0.4 is 11.1 Å². The maximum atomic E-state index is 12.1. The fourth-order valence-electron chi connectivity index (χ4n) is 2.49. The minimum atomic E-state index is -0.0179. The van der Waals surface area contributed by atoms with Crippen molar-refractivity contribution >= 4 is 24.0 Å². The minimum Gasteiger partial charge on any atom is -0.327 e. The van der Waals surface area contributed by atoms with Crippen molar-refractivity contribution in [2.45, 2.75) is 39.2 Å². The first-order chi connectivity index (χ1) is 8.08. The Morgan fingerprint density at radius 2 is 2.06 bits per heavy atom. The maximum Gasteiger partial charge on any atom is 0.229 e. The topological polar surface area (TPSA) is 55.1 Å². The fraction of sp³-hybridized carbons (Fsp3) is 0.500. The lowest BCUT2D eigenvalue weighted by molar-refractivity contribution is -0.120. The van der Waals surface area contributed by atoms with Crippen LogP contribution in [0, 0.1) is 19.8 Å². The molecule has 18 heavy (non-hydrogen) atoms. The summed E-state index contributed by atoms with van der Waals surface area (Å²) in [4.78, 5) is 12.1. The van der Waals surface area contributed by atoms with Crippen LogP contribution in [-0.4, -0.2) is 11.9 Å². The number of aryl methyl sites for hydroxylation is 2. The molecule has 1 aromatic carbocycles. The molecule has 3 nitrogen and oxygen atoms in total. The van der Waals surface area contributed by atoms with Crippen molar-refractivity contribution in [3.63, 3.8) is 0 Å². The second kappa shape index (κ2) is 6.21. The van der Waals surface area contributed by atoms with Crippen LogP contribution in [0.15, 0.2) is 18.2 Å². The number of rotatable bonds is 2. The Hall–Kier alpha value is -1.06. The molecule has 3 N–H and O–H groups in total. The Labute approximate surface area is 115 Å². The summed E-state index contributed by atoms with van der Waals surface area (Å²) in [6.45, 7) is 4.06. The van der Waals surface area contributed by atoms with Gasteiger partial charge in [-0.05, 0) is 38.3 Å². The molecule has 1 fully saturated rings. The number of benzene rings is 1. The predicted octanol–water partition coefficient (Wildman–Crippen LogP) is 2.79. The summed E-state index contributed by atoms with van der Waals surface area (Å²) in [6.07, 6.45) is 2.94. The third kappa shape index (κ3) is 3.24. The average Bonchev–Trinajstić information content (AvgIpc) is 2.68. The molecule has 0 saturated heterocycles. The van der Waals surface area contributed by atoms with E-state index in [-0.39, 0.29) is 30.3 Å². The van der Waals surface area contributed by atoms with Crippen molar-refractivity contribution in [3.8, 4) is 0 Å². The molecule has 100 valence electrons. The van der Waals surface area contributed by atoms with Gasteiger partial charge in [-0.25, -0.2) is 0 Å². The number of carbonyl (C=O) groups excluding carboxylic acids is 1. The Balaban J connectivity index is 0.00000162. The molecule has 0 spiro atoms. The Kier molecular flexibility index (Phi) is 5.17. The second-order valence-corrected chi connectivity index (χ2v) is 5.01. The Bertz CT molecular complexity index is 434. The number of anilines is 1. The van der Waals surface area contributed by atoms with E-state index in [1.165, 1.54) is 5.56 Å². The summed E-state index contributed by atoms with van der Waals surface area (Å²) in [6, 6.07) is 6.07. The largest absolute Gasteiger partial charge is 0.327 e. The minimum absolute atomic E-state index is 0. The van der Waals surface area contributed by atoms with Crippen molar-refractivity contribution in [2.75, 3.05) is 5.32 Å². The van der Waals surface area contributed by atoms with E-state index in [1.54, 1.807) is 0 Å². The number of amides is 1. The fourth-order valence-corrected chi connectivity index (χ4v) is 2.49. The van der Waals surface area contributed by atoms with Crippen LogP contribution in [0.3, 0.4) is 0 Å². The summed E-state index contributed by atoms with van der Waals surface area (Å²) in [7, 11) is 0. The third-order valence-corrected chi connectivity index (χ3v) is 3.55. The number of nitrogens with two attached hydrogens (primary N) is 1. The van der Waals surface area contributed by atoms with Gasteiger partial charge in [-0.2, -0.15) is 0 Å². The predicted molar refractivity (Wildman–Crippen MR) is 77.1 cm³/mol. The van der Waals surface area contributed by atoms with Crippen LogP contribution in [0.5, 0.6) is 0 Å². The number of nitrogens with one attached hydrogen (secondary N) is 1. The molecule has 2 unspecified atom stereocenters. The molecule has 0 aromatic heterocycles. The van der Waals surface area contributed by atoms with Gasteiger partial charge in [0.05, 0.1) is 5.92 Å². The summed E-state index contributed by atoms with van der Waals surface area (Å²) >= 11 is 0. The smallest absolute Gasteiger partial charge is 0.229 e. The quantitative estimate of drug-likeness (QED) is 0.867. The van der Waals surface area contributed by atoms with Gasteiger partial charge in [-0.15, -0.1) is 12.4 Å². The molecule has 1 aromatic rings. The number of hydrogen-bond donors (Lipinski definition) is 2. The highest BCUT2D eigenvalue weighted by Crippen LogP contribution is 2.26. The third-order valence-electron chi connectivity index (χ3n) is 3.55. The van der Waals surface area contributed by atoms with E-state index in [0.29, 0.717) is 0 Å². The highest BCUT2D eigenvalue weighted by Gasteiger charge is 2.30. The van der Waals surface area contributed by atoms with Gasteiger partial charge in [0.1, 0.15) is 0 Å². The number of hydrogen-bond acceptors (Lipinski definition) is 2. The SMILES string of the molecule is Cc1ccc(NC(=O)C2CCCC2N)c(C)c1.Cl. The van der Waals surface area contributed by atoms with Gasteiger partial charge in [0.15, 0.2) is 0 Å². The molecule has 2 rings (SSSR count). The number of halogens is 1. The molecule has 4 heteroatoms. The lowest BCUT2D eigenvalue weighted by Gasteiger charge is -2.16. The molecule has 0 bridgehead atoms. The van der Waals surface area contributed by atoms with Crippen LogP contribution in [0.2, 0.25) is 0 Å². The number of carbonyl (C=O) groups is 1. The molecule has 1 aliphatic rings. The maximum absolute atomic E-state index is 12.1. The Morgan fingerprint density at radius 3 is 2.61 bits per heavy atom. The van der Waals surface area contributed by atoms with Gasteiger partial charge < -0.3 is 11.1 Å². The monoisotopic (exact) mass is 268 g/mol. The molecule has 0 radical (unpaired) electrons. The van der Waals surface area contributed by atoms with Gasteiger partial charge in [-0.1, -0.05) is 24.1 Å². The van der Waals surface area contributed by atoms with Crippen molar-refractivity contribution in [1.29, 1.82) is 0 Å². The molecule has 1 aliphatic carbocycles. The lowest BCUT2D eigenvalue weighted by atomic mass is 10.0. The zero-order valence-corrected chi connectivity index (χ0v) is 11.7. The van der Waals surface area contributed by atoms with Gasteiger partial charge in [-0.3, -0.25) is 4.79 Å². The van der Waals surface area contributed by atoms with Crippen LogP contribution in [0.25, 0.3) is 0 Å². The average molecular weight is 269 g/mol. The normalized spacial score (nSPS) is 22.4. The zero-order chi connectivity index (χ0) is 12.4. The van der Waals surface area contributed by atoms with E-state index < -0.39 is 0 Å². The van der Waals surface area contributed by atoms with Crippen LogP contribution in [-0.2, 0) is 4.79 Å². The summed E-state index contributed by atoms with van der Waals surface area (Å²) in [5.74, 6) is 0.0534. The summed E-state index contributed by atoms with van der Waals surface area (Å²) in [5.41, 5.74) is 9.15. The first kappa shape index (κ1) is 15.0. The van der Waals surface area contributed by atoms with E-state index in [1.807, 2.05) is 26.0 Å². The van der Waals surface area contributed by atoms with Crippen LogP contribution in [0.1, 0.15) is 30.4 Å². The first-order valence-electron chi connectivity index (χ1n) is 6.21. The van der Waals surface area contributed by atoms with Crippen molar-refractivity contribution in [3.05, 3.63) is 29.3 Å². The first-order valence-corrected chi connectivity index (χ1v) is 6.21. The molecule has 0 heterocycles. The van der Waals surface area contributed by atoms with E-state index >= 15 is 0 Å². The standard InChI is InChI=1S/C14H20N2O.ClH/c1-9-6-7-13(10(2)8-9)16-14(17)11-4-3-5-12(11)15;/h6-8,11-12H,3-5,15H2,1-2H3,(H,16,17);1H. The summed E-state index contributed by atoms with van der Waals surface area (Å²) in [5, 5.41) is 2.99. The molecular weight excluding hydrogens is 248 g/mol. The van der Waals surface area contributed by atoms with Crippen molar-refractivity contribution in [1.82, 2.24) is 0 Å². The zero-order valence-electron chi connectivity index (χ0n) is 10.9. The van der Waals surface area contributed by atoms with E-state index in [2.05, 4.69) is 11.4 Å². The Morgan fingerprint density at radius 1 is 1.33 bits per heavy atom. The van der Waals surface area contributed by atoms with Crippen LogP contribution >= 0.6 is 12.4 Å². The molecule has 0 aliphatic heterocycles. The van der Waals surface area contributed by atoms with E-state index in [0.717, 1.165) is 30.5 Å².